The second-order valence-electron chi connectivity index (χ2n) is 7.85. The number of fused-ring (bicyclic) bond motifs is 1. The lowest BCUT2D eigenvalue weighted by Crippen LogP contribution is -1.98. The van der Waals surface area contributed by atoms with Gasteiger partial charge >= 0.3 is 0 Å². The van der Waals surface area contributed by atoms with Crippen LogP contribution < -0.4 is 5.73 Å². The molecule has 0 saturated heterocycles. The highest BCUT2D eigenvalue weighted by molar-refractivity contribution is 7.86. The first-order valence-electron chi connectivity index (χ1n) is 10.5. The van der Waals surface area contributed by atoms with E-state index in [1.54, 1.807) is 0 Å². The largest absolute Gasteiger partial charge is 0.398 e. The average Bonchev–Trinajstić information content (AvgIpc) is 2.86. The predicted octanol–water partition coefficient (Wildman–Crippen LogP) is 4.99. The van der Waals surface area contributed by atoms with Gasteiger partial charge in [-0.1, -0.05) is 6.07 Å². The first-order valence-corrected chi connectivity index (χ1v) is 14.8. The molecule has 4 rings (SSSR count). The lowest BCUT2D eigenvalue weighted by molar-refractivity contribution is 0.481. The molecule has 17 heteroatoms. The third kappa shape index (κ3) is 6.48. The Morgan fingerprint density at radius 2 is 1.05 bits per heavy atom. The molecular formula is C22H17N5O9S3. The summed E-state index contributed by atoms with van der Waals surface area (Å²) in [5.41, 5.74) is 6.22. The first kappa shape index (κ1) is 27.9. The predicted molar refractivity (Wildman–Crippen MR) is 139 cm³/mol. The standard InChI is InChI=1S/C22H17N5O9S3/c23-19-8-10-20(17-7-6-16(12-18(17)19)38(31,32)33)26-27-21-9-3-14(11-22(21)39(34,35)36)25-24-13-1-4-15(5-2-13)37(28,29)30/h1-12H,23H2,(H,28,29,30)(H,31,32,33)(H,34,35,36)/b25-24+,27-26+. The number of hydrogen-bond acceptors (Lipinski definition) is 11. The van der Waals surface area contributed by atoms with E-state index in [9.17, 15) is 34.4 Å². The van der Waals surface area contributed by atoms with Crippen LogP contribution in [-0.2, 0) is 30.4 Å². The zero-order valence-electron chi connectivity index (χ0n) is 19.3. The molecule has 0 unspecified atom stereocenters. The Labute approximate surface area is 221 Å². The van der Waals surface area contributed by atoms with Crippen molar-refractivity contribution in [1.29, 1.82) is 0 Å². The molecule has 5 N–H and O–H groups in total. The Morgan fingerprint density at radius 3 is 1.67 bits per heavy atom. The summed E-state index contributed by atoms with van der Waals surface area (Å²) in [6.45, 7) is 0. The Balaban J connectivity index is 1.69. The molecule has 0 heterocycles. The summed E-state index contributed by atoms with van der Waals surface area (Å²) in [5.74, 6) is 0. The lowest BCUT2D eigenvalue weighted by atomic mass is 10.1. The monoisotopic (exact) mass is 591 g/mol. The van der Waals surface area contributed by atoms with Crippen LogP contribution in [0, 0.1) is 0 Å². The lowest BCUT2D eigenvalue weighted by Gasteiger charge is -2.07. The number of anilines is 1. The molecule has 4 aromatic carbocycles. The normalized spacial score (nSPS) is 13.0. The fraction of sp³-hybridized carbons (Fsp3) is 0. The first-order chi connectivity index (χ1) is 18.1. The summed E-state index contributed by atoms with van der Waals surface area (Å²) >= 11 is 0. The third-order valence-corrected chi connectivity index (χ3v) is 7.80. The minimum absolute atomic E-state index is 0.00360. The number of nitrogens with zero attached hydrogens (tertiary/aromatic N) is 4. The van der Waals surface area contributed by atoms with Crippen LogP contribution in [0.2, 0.25) is 0 Å². The van der Waals surface area contributed by atoms with Crippen LogP contribution in [0.1, 0.15) is 0 Å². The molecule has 0 spiro atoms. The second kappa shape index (κ2) is 10.2. The van der Waals surface area contributed by atoms with Crippen LogP contribution in [-0.4, -0.2) is 38.9 Å². The van der Waals surface area contributed by atoms with E-state index in [-0.39, 0.29) is 43.6 Å². The van der Waals surface area contributed by atoms with Crippen molar-refractivity contribution in [2.45, 2.75) is 14.7 Å². The van der Waals surface area contributed by atoms with Crippen molar-refractivity contribution >= 4 is 69.6 Å². The molecule has 0 aromatic heterocycles. The van der Waals surface area contributed by atoms with E-state index in [1.807, 2.05) is 0 Å². The number of nitrogen functional groups attached to an aromatic ring is 1. The third-order valence-electron chi connectivity index (χ3n) is 5.20. The van der Waals surface area contributed by atoms with Crippen molar-refractivity contribution in [1.82, 2.24) is 0 Å². The molecule has 202 valence electrons. The van der Waals surface area contributed by atoms with Gasteiger partial charge in [-0.05, 0) is 66.7 Å². The Kier molecular flexibility index (Phi) is 7.30. The van der Waals surface area contributed by atoms with Gasteiger partial charge in [-0.2, -0.15) is 35.5 Å². The number of azo groups is 2. The minimum atomic E-state index is -4.80. The molecule has 0 bridgehead atoms. The molecule has 0 aliphatic rings. The molecule has 4 aromatic rings. The van der Waals surface area contributed by atoms with Gasteiger partial charge in [0.2, 0.25) is 0 Å². The van der Waals surface area contributed by atoms with Crippen LogP contribution in [0.25, 0.3) is 10.8 Å². The summed E-state index contributed by atoms with van der Waals surface area (Å²) in [7, 11) is -13.7. The topological polar surface area (TPSA) is 239 Å². The van der Waals surface area contributed by atoms with Gasteiger partial charge in [0.1, 0.15) is 10.6 Å². The summed E-state index contributed by atoms with van der Waals surface area (Å²) in [6.07, 6.45) is 0. The van der Waals surface area contributed by atoms with Crippen LogP contribution in [0.15, 0.2) is 108 Å². The molecule has 0 radical (unpaired) electrons. The highest BCUT2D eigenvalue weighted by Gasteiger charge is 2.18. The van der Waals surface area contributed by atoms with E-state index in [2.05, 4.69) is 20.5 Å². The molecule has 39 heavy (non-hydrogen) atoms. The number of rotatable bonds is 7. The van der Waals surface area contributed by atoms with Crippen molar-refractivity contribution in [2.24, 2.45) is 20.5 Å². The fourth-order valence-electron chi connectivity index (χ4n) is 3.34. The Bertz CT molecular complexity index is 1990. The highest BCUT2D eigenvalue weighted by atomic mass is 32.2. The van der Waals surface area contributed by atoms with Crippen molar-refractivity contribution in [3.05, 3.63) is 72.8 Å². The van der Waals surface area contributed by atoms with Gasteiger partial charge in [-0.25, -0.2) is 0 Å². The minimum Gasteiger partial charge on any atom is -0.398 e. The van der Waals surface area contributed by atoms with Gasteiger partial charge < -0.3 is 5.73 Å². The van der Waals surface area contributed by atoms with Crippen LogP contribution in [0.5, 0.6) is 0 Å². The van der Waals surface area contributed by atoms with E-state index in [0.717, 1.165) is 30.3 Å². The summed E-state index contributed by atoms with van der Waals surface area (Å²) < 4.78 is 97.3. The van der Waals surface area contributed by atoms with Gasteiger partial charge in [0.15, 0.2) is 0 Å². The zero-order valence-corrected chi connectivity index (χ0v) is 21.8. The van der Waals surface area contributed by atoms with Crippen molar-refractivity contribution in [3.8, 4) is 0 Å². The molecule has 0 atom stereocenters. The molecule has 14 nitrogen and oxygen atoms in total. The maximum Gasteiger partial charge on any atom is 0.296 e. The van der Waals surface area contributed by atoms with Crippen molar-refractivity contribution in [3.63, 3.8) is 0 Å². The van der Waals surface area contributed by atoms with Crippen LogP contribution in [0.4, 0.5) is 28.4 Å². The number of nitrogens with two attached hydrogens (primary N) is 1. The van der Waals surface area contributed by atoms with Crippen molar-refractivity contribution < 1.29 is 38.9 Å². The second-order valence-corrected chi connectivity index (χ2v) is 12.1. The summed E-state index contributed by atoms with van der Waals surface area (Å²) in [5, 5.41) is 16.3. The van der Waals surface area contributed by atoms with Crippen molar-refractivity contribution in [2.75, 3.05) is 5.73 Å². The average molecular weight is 592 g/mol. The maximum atomic E-state index is 12.0. The smallest absolute Gasteiger partial charge is 0.296 e. The number of benzene rings is 4. The van der Waals surface area contributed by atoms with E-state index < -0.39 is 35.2 Å². The quantitative estimate of drug-likeness (QED) is 0.127. The van der Waals surface area contributed by atoms with E-state index in [4.69, 9.17) is 10.3 Å². The fourth-order valence-corrected chi connectivity index (χ4v) is 4.97. The van der Waals surface area contributed by atoms with E-state index in [1.165, 1.54) is 42.5 Å². The number of hydrogen-bond donors (Lipinski definition) is 4. The van der Waals surface area contributed by atoms with Gasteiger partial charge in [0.05, 0.1) is 26.9 Å². The zero-order chi connectivity index (χ0) is 28.6. The van der Waals surface area contributed by atoms with E-state index in [0.29, 0.717) is 5.39 Å². The Morgan fingerprint density at radius 1 is 0.513 bits per heavy atom. The highest BCUT2D eigenvalue weighted by Crippen LogP contribution is 2.35. The Hall–Kier alpha value is -4.13. The van der Waals surface area contributed by atoms with E-state index >= 15 is 0 Å². The molecule has 0 fully saturated rings. The molecule has 0 aliphatic carbocycles. The van der Waals surface area contributed by atoms with Gasteiger partial charge in [0.25, 0.3) is 30.4 Å². The van der Waals surface area contributed by atoms with Gasteiger partial charge in [-0.3, -0.25) is 13.7 Å². The van der Waals surface area contributed by atoms with Crippen LogP contribution in [0.3, 0.4) is 0 Å². The molecule has 0 amide bonds. The van der Waals surface area contributed by atoms with Crippen LogP contribution >= 0.6 is 0 Å². The maximum absolute atomic E-state index is 12.0. The molecule has 0 aliphatic heterocycles. The van der Waals surface area contributed by atoms with Gasteiger partial charge in [0, 0.05) is 16.5 Å². The summed E-state index contributed by atoms with van der Waals surface area (Å²) in [6, 6.07) is 14.7. The molecular weight excluding hydrogens is 574 g/mol. The summed E-state index contributed by atoms with van der Waals surface area (Å²) in [4.78, 5) is -1.38. The van der Waals surface area contributed by atoms with Gasteiger partial charge in [-0.15, -0.1) is 10.2 Å². The SMILES string of the molecule is Nc1ccc(/N=N/c2ccc(/N=N/c3ccc(S(=O)(=O)O)cc3)cc2S(=O)(=O)O)c2ccc(S(=O)(=O)O)cc12. The molecule has 0 saturated carbocycles.